The number of hydrogen-bond acceptors (Lipinski definition) is 3. The molecule has 0 saturated carbocycles. The van der Waals surface area contributed by atoms with Crippen molar-refractivity contribution in [1.29, 1.82) is 0 Å². The molecule has 0 saturated heterocycles. The third-order valence-corrected chi connectivity index (χ3v) is 5.38. The molecule has 5 nitrogen and oxygen atoms in total. The first-order valence-electron chi connectivity index (χ1n) is 10.6. The number of amides is 2. The molecule has 2 aromatic rings. The van der Waals surface area contributed by atoms with E-state index in [0.717, 1.165) is 17.3 Å². The van der Waals surface area contributed by atoms with Gasteiger partial charge < -0.3 is 15.0 Å². The zero-order valence-electron chi connectivity index (χ0n) is 18.0. The van der Waals surface area contributed by atoms with Crippen LogP contribution < -0.4 is 10.1 Å². The minimum absolute atomic E-state index is 0.0105. The van der Waals surface area contributed by atoms with Crippen LogP contribution in [0.2, 0.25) is 0 Å². The van der Waals surface area contributed by atoms with Gasteiger partial charge in [-0.25, -0.2) is 0 Å². The molecule has 2 amide bonds. The van der Waals surface area contributed by atoms with Crippen LogP contribution in [0, 0.1) is 0 Å². The largest absolute Gasteiger partial charge is 0.493 e. The van der Waals surface area contributed by atoms with Crippen LogP contribution in [0.5, 0.6) is 5.75 Å². The van der Waals surface area contributed by atoms with Crippen molar-refractivity contribution < 1.29 is 14.3 Å². The number of nitrogens with zero attached hydrogens (tertiary/aromatic N) is 1. The lowest BCUT2D eigenvalue weighted by atomic mass is 10.1. The highest BCUT2D eigenvalue weighted by Gasteiger charge is 2.15. The minimum Gasteiger partial charge on any atom is -0.493 e. The second-order valence-electron chi connectivity index (χ2n) is 7.06. The smallest absolute Gasteiger partial charge is 0.259 e. The van der Waals surface area contributed by atoms with Crippen molar-refractivity contribution in [3.05, 3.63) is 58.1 Å². The van der Waals surface area contributed by atoms with Crippen molar-refractivity contribution >= 4 is 33.4 Å². The quantitative estimate of drug-likeness (QED) is 0.397. The number of halogens is 1. The molecule has 0 radical (unpaired) electrons. The number of hydrogen-bond donors (Lipinski definition) is 1. The average molecular weight is 475 g/mol. The van der Waals surface area contributed by atoms with E-state index in [-0.39, 0.29) is 11.8 Å². The van der Waals surface area contributed by atoms with E-state index in [2.05, 4.69) is 28.2 Å². The lowest BCUT2D eigenvalue weighted by molar-refractivity contribution is 0.0773. The van der Waals surface area contributed by atoms with E-state index in [0.29, 0.717) is 42.3 Å². The number of rotatable bonds is 11. The van der Waals surface area contributed by atoms with Crippen molar-refractivity contribution in [3.8, 4) is 5.75 Å². The maximum Gasteiger partial charge on any atom is 0.259 e. The van der Waals surface area contributed by atoms with Gasteiger partial charge in [0.1, 0.15) is 5.75 Å². The second-order valence-corrected chi connectivity index (χ2v) is 7.97. The van der Waals surface area contributed by atoms with Crippen LogP contribution in [0.15, 0.2) is 46.9 Å². The third-order valence-electron chi connectivity index (χ3n) is 4.88. The van der Waals surface area contributed by atoms with Gasteiger partial charge in [0.2, 0.25) is 0 Å². The molecule has 30 heavy (non-hydrogen) atoms. The fourth-order valence-electron chi connectivity index (χ4n) is 3.10. The summed E-state index contributed by atoms with van der Waals surface area (Å²) in [6.07, 6.45) is 4.44. The molecule has 0 spiro atoms. The molecule has 1 N–H and O–H groups in total. The monoisotopic (exact) mass is 474 g/mol. The van der Waals surface area contributed by atoms with E-state index in [1.54, 1.807) is 35.2 Å². The van der Waals surface area contributed by atoms with Gasteiger partial charge in [-0.3, -0.25) is 9.59 Å². The fourth-order valence-corrected chi connectivity index (χ4v) is 3.47. The summed E-state index contributed by atoms with van der Waals surface area (Å²) >= 11 is 3.43. The Hall–Kier alpha value is -2.34. The van der Waals surface area contributed by atoms with E-state index in [9.17, 15) is 9.59 Å². The molecule has 162 valence electrons. The van der Waals surface area contributed by atoms with Gasteiger partial charge in [-0.15, -0.1) is 0 Å². The highest BCUT2D eigenvalue weighted by Crippen LogP contribution is 2.25. The van der Waals surface area contributed by atoms with Gasteiger partial charge >= 0.3 is 0 Å². The predicted octanol–water partition coefficient (Wildman–Crippen LogP) is 6.14. The standard InChI is InChI=1S/C24H31BrN2O3/c1-4-7-8-9-16-30-22-15-12-19(25)17-21(22)23(28)26-20-13-10-18(11-14-20)24(29)27(5-2)6-3/h10-15,17H,4-9,16H2,1-3H3,(H,26,28). The van der Waals surface area contributed by atoms with Crippen LogP contribution in [-0.4, -0.2) is 36.4 Å². The number of ether oxygens (including phenoxy) is 1. The third kappa shape index (κ3) is 6.87. The zero-order valence-corrected chi connectivity index (χ0v) is 19.6. The van der Waals surface area contributed by atoms with E-state index in [1.165, 1.54) is 12.8 Å². The van der Waals surface area contributed by atoms with Gasteiger partial charge in [-0.2, -0.15) is 0 Å². The summed E-state index contributed by atoms with van der Waals surface area (Å²) in [5, 5.41) is 2.90. The minimum atomic E-state index is -0.248. The summed E-state index contributed by atoms with van der Waals surface area (Å²) in [7, 11) is 0. The van der Waals surface area contributed by atoms with Crippen molar-refractivity contribution in [1.82, 2.24) is 4.90 Å². The zero-order chi connectivity index (χ0) is 21.9. The lowest BCUT2D eigenvalue weighted by Gasteiger charge is -2.18. The maximum absolute atomic E-state index is 12.9. The van der Waals surface area contributed by atoms with E-state index in [1.807, 2.05) is 26.0 Å². The van der Waals surface area contributed by atoms with Gasteiger partial charge in [0.15, 0.2) is 0 Å². The molecule has 0 fully saturated rings. The number of unbranched alkanes of at least 4 members (excludes halogenated alkanes) is 3. The Kier molecular flexibility index (Phi) is 9.87. The van der Waals surface area contributed by atoms with Gasteiger partial charge in [0, 0.05) is 28.8 Å². The highest BCUT2D eigenvalue weighted by atomic mass is 79.9. The summed E-state index contributed by atoms with van der Waals surface area (Å²) in [5.41, 5.74) is 1.71. The first kappa shape index (κ1) is 23.9. The summed E-state index contributed by atoms with van der Waals surface area (Å²) in [6, 6.07) is 12.4. The first-order valence-corrected chi connectivity index (χ1v) is 11.4. The number of benzene rings is 2. The highest BCUT2D eigenvalue weighted by molar-refractivity contribution is 9.10. The SMILES string of the molecule is CCCCCCOc1ccc(Br)cc1C(=O)Nc1ccc(C(=O)N(CC)CC)cc1. The van der Waals surface area contributed by atoms with Crippen LogP contribution >= 0.6 is 15.9 Å². The predicted molar refractivity (Wildman–Crippen MR) is 125 cm³/mol. The summed E-state index contributed by atoms with van der Waals surface area (Å²) in [4.78, 5) is 27.0. The Morgan fingerprint density at radius 2 is 1.67 bits per heavy atom. The molecule has 6 heteroatoms. The maximum atomic E-state index is 12.9. The summed E-state index contributed by atoms with van der Waals surface area (Å²) in [5.74, 6) is 0.312. The van der Waals surface area contributed by atoms with Crippen LogP contribution in [0.4, 0.5) is 5.69 Å². The van der Waals surface area contributed by atoms with Crippen LogP contribution in [0.25, 0.3) is 0 Å². The van der Waals surface area contributed by atoms with Crippen molar-refractivity contribution in [2.75, 3.05) is 25.0 Å². The van der Waals surface area contributed by atoms with Gasteiger partial charge in [-0.1, -0.05) is 42.1 Å². The first-order chi connectivity index (χ1) is 14.5. The number of anilines is 1. The molecule has 0 aliphatic rings. The topological polar surface area (TPSA) is 58.6 Å². The summed E-state index contributed by atoms with van der Waals surface area (Å²) in [6.45, 7) is 8.00. The van der Waals surface area contributed by atoms with Crippen LogP contribution in [-0.2, 0) is 0 Å². The number of carbonyl (C=O) groups is 2. The molecule has 0 unspecified atom stereocenters. The van der Waals surface area contributed by atoms with Crippen LogP contribution in [0.3, 0.4) is 0 Å². The van der Waals surface area contributed by atoms with Gasteiger partial charge in [-0.05, 0) is 62.7 Å². The summed E-state index contributed by atoms with van der Waals surface area (Å²) < 4.78 is 6.68. The molecule has 2 aromatic carbocycles. The van der Waals surface area contributed by atoms with Gasteiger partial charge in [0.25, 0.3) is 11.8 Å². The molecule has 2 rings (SSSR count). The molecular weight excluding hydrogens is 444 g/mol. The molecular formula is C24H31BrN2O3. The molecule has 0 bridgehead atoms. The second kappa shape index (κ2) is 12.4. The molecule has 0 aromatic heterocycles. The van der Waals surface area contributed by atoms with Crippen LogP contribution in [0.1, 0.15) is 67.2 Å². The average Bonchev–Trinajstić information content (AvgIpc) is 2.75. The molecule has 0 aliphatic heterocycles. The van der Waals surface area contributed by atoms with Gasteiger partial charge in [0.05, 0.1) is 12.2 Å². The normalized spacial score (nSPS) is 10.5. The van der Waals surface area contributed by atoms with E-state index >= 15 is 0 Å². The Balaban J connectivity index is 2.06. The Labute approximate surface area is 187 Å². The van der Waals surface area contributed by atoms with Crippen molar-refractivity contribution in [3.63, 3.8) is 0 Å². The number of carbonyl (C=O) groups excluding carboxylic acids is 2. The molecule has 0 aliphatic carbocycles. The van der Waals surface area contributed by atoms with Crippen molar-refractivity contribution in [2.45, 2.75) is 46.5 Å². The molecule has 0 atom stereocenters. The Morgan fingerprint density at radius 3 is 2.30 bits per heavy atom. The Bertz CT molecular complexity index is 833. The molecule has 0 heterocycles. The lowest BCUT2D eigenvalue weighted by Crippen LogP contribution is -2.30. The number of nitrogens with one attached hydrogen (secondary N) is 1. The van der Waals surface area contributed by atoms with E-state index < -0.39 is 0 Å². The fraction of sp³-hybridized carbons (Fsp3) is 0.417. The Morgan fingerprint density at radius 1 is 0.967 bits per heavy atom. The van der Waals surface area contributed by atoms with Crippen molar-refractivity contribution in [2.24, 2.45) is 0 Å². The van der Waals surface area contributed by atoms with E-state index in [4.69, 9.17) is 4.74 Å².